The molecule has 3 rings (SSSR count). The maximum atomic E-state index is 13.0. The number of carbonyl (C=O) groups excluding carboxylic acids is 1. The largest absolute Gasteiger partial charge is 0.484 e. The van der Waals surface area contributed by atoms with Crippen LogP contribution in [-0.4, -0.2) is 28.0 Å². The summed E-state index contributed by atoms with van der Waals surface area (Å²) in [7, 11) is -2.44. The number of carbonyl (C=O) groups is 1. The number of hydrogen-bond donors (Lipinski definition) is 1. The van der Waals surface area contributed by atoms with Gasteiger partial charge in [0.2, 0.25) is 0 Å². The van der Waals surface area contributed by atoms with Crippen LogP contribution in [0.3, 0.4) is 0 Å². The standard InChI is InChI=1S/C22H18ClF3N2O4S/c1-28(33(30,31)18-12-6-15(23)7-13-18)16-8-10-17(11-9-16)32-14-21(29)27-20-5-3-2-4-19(20)22(24,25)26/h2-13H,14H2,1H3,(H,27,29). The highest BCUT2D eigenvalue weighted by Gasteiger charge is 2.33. The van der Waals surface area contributed by atoms with Crippen LogP contribution < -0.4 is 14.4 Å². The molecule has 1 amide bonds. The van der Waals surface area contributed by atoms with Crippen LogP contribution in [0, 0.1) is 0 Å². The molecular formula is C22H18ClF3N2O4S. The van der Waals surface area contributed by atoms with Gasteiger partial charge >= 0.3 is 6.18 Å². The van der Waals surface area contributed by atoms with Crippen molar-refractivity contribution in [3.63, 3.8) is 0 Å². The Morgan fingerprint density at radius 2 is 1.61 bits per heavy atom. The van der Waals surface area contributed by atoms with Gasteiger partial charge in [-0.25, -0.2) is 8.42 Å². The summed E-state index contributed by atoms with van der Waals surface area (Å²) in [6, 6.07) is 16.2. The van der Waals surface area contributed by atoms with E-state index in [9.17, 15) is 26.4 Å². The molecule has 0 aromatic heterocycles. The summed E-state index contributed by atoms with van der Waals surface area (Å²) in [5.74, 6) is -0.548. The number of alkyl halides is 3. The molecule has 6 nitrogen and oxygen atoms in total. The van der Waals surface area contributed by atoms with Gasteiger partial charge in [-0.1, -0.05) is 23.7 Å². The van der Waals surface area contributed by atoms with E-state index in [2.05, 4.69) is 5.32 Å². The van der Waals surface area contributed by atoms with Crippen LogP contribution in [0.5, 0.6) is 5.75 Å². The first-order chi connectivity index (χ1) is 15.5. The van der Waals surface area contributed by atoms with Crippen molar-refractivity contribution in [3.05, 3.63) is 83.4 Å². The molecule has 0 spiro atoms. The van der Waals surface area contributed by atoms with Gasteiger partial charge in [-0.05, 0) is 60.7 Å². The quantitative estimate of drug-likeness (QED) is 0.486. The van der Waals surface area contributed by atoms with E-state index in [1.807, 2.05) is 0 Å². The minimum atomic E-state index is -4.61. The fraction of sp³-hybridized carbons (Fsp3) is 0.136. The molecule has 0 aliphatic heterocycles. The Balaban J connectivity index is 1.63. The molecule has 0 saturated carbocycles. The third kappa shape index (κ3) is 5.96. The molecule has 3 aromatic rings. The number of para-hydroxylation sites is 1. The van der Waals surface area contributed by atoms with E-state index in [-0.39, 0.29) is 16.3 Å². The minimum absolute atomic E-state index is 0.0607. The van der Waals surface area contributed by atoms with Gasteiger partial charge in [0.1, 0.15) is 5.75 Å². The molecule has 0 unspecified atom stereocenters. The van der Waals surface area contributed by atoms with Crippen molar-refractivity contribution in [1.82, 2.24) is 0 Å². The average Bonchev–Trinajstić information content (AvgIpc) is 2.77. The van der Waals surface area contributed by atoms with Crippen LogP contribution >= 0.6 is 11.6 Å². The number of amides is 1. The second kappa shape index (κ2) is 9.72. The zero-order valence-corrected chi connectivity index (χ0v) is 18.7. The van der Waals surface area contributed by atoms with Crippen molar-refractivity contribution >= 4 is 38.9 Å². The van der Waals surface area contributed by atoms with E-state index in [1.165, 1.54) is 67.7 Å². The second-order valence-corrected chi connectivity index (χ2v) is 9.21. The lowest BCUT2D eigenvalue weighted by molar-refractivity contribution is -0.137. The molecule has 0 aliphatic rings. The van der Waals surface area contributed by atoms with E-state index in [0.29, 0.717) is 10.7 Å². The molecule has 0 fully saturated rings. The molecule has 0 aliphatic carbocycles. The number of halogens is 4. The topological polar surface area (TPSA) is 75.7 Å². The summed E-state index contributed by atoms with van der Waals surface area (Å²) in [4.78, 5) is 12.1. The Hall–Kier alpha value is -3.24. The number of nitrogens with one attached hydrogen (secondary N) is 1. The van der Waals surface area contributed by atoms with Crippen LogP contribution in [0.4, 0.5) is 24.5 Å². The van der Waals surface area contributed by atoms with Crippen LogP contribution in [-0.2, 0) is 21.0 Å². The predicted octanol–water partition coefficient (Wildman–Crippen LogP) is 5.20. The molecule has 0 saturated heterocycles. The minimum Gasteiger partial charge on any atom is -0.484 e. The number of anilines is 2. The van der Waals surface area contributed by atoms with Crippen LogP contribution in [0.1, 0.15) is 5.56 Å². The van der Waals surface area contributed by atoms with Gasteiger partial charge in [0.25, 0.3) is 15.9 Å². The van der Waals surface area contributed by atoms with E-state index in [1.54, 1.807) is 0 Å². The first-order valence-corrected chi connectivity index (χ1v) is 11.2. The number of nitrogens with zero attached hydrogens (tertiary/aromatic N) is 1. The summed E-state index contributed by atoms with van der Waals surface area (Å²) in [5.41, 5.74) is -1.00. The zero-order chi connectivity index (χ0) is 24.2. The molecule has 1 N–H and O–H groups in total. The first kappa shape index (κ1) is 24.4. The van der Waals surface area contributed by atoms with Crippen LogP contribution in [0.25, 0.3) is 0 Å². The zero-order valence-electron chi connectivity index (χ0n) is 17.1. The van der Waals surface area contributed by atoms with Gasteiger partial charge in [0, 0.05) is 12.1 Å². The van der Waals surface area contributed by atoms with Crippen molar-refractivity contribution in [1.29, 1.82) is 0 Å². The van der Waals surface area contributed by atoms with Gasteiger partial charge in [-0.2, -0.15) is 13.2 Å². The predicted molar refractivity (Wildman–Crippen MR) is 119 cm³/mol. The van der Waals surface area contributed by atoms with Crippen molar-refractivity contribution in [2.75, 3.05) is 23.3 Å². The Morgan fingerprint density at radius 3 is 2.21 bits per heavy atom. The van der Waals surface area contributed by atoms with Crippen molar-refractivity contribution in [2.45, 2.75) is 11.1 Å². The molecule has 0 atom stereocenters. The summed E-state index contributed by atoms with van der Waals surface area (Å²) >= 11 is 5.80. The number of hydrogen-bond acceptors (Lipinski definition) is 4. The van der Waals surface area contributed by atoms with Crippen molar-refractivity contribution in [2.24, 2.45) is 0 Å². The maximum absolute atomic E-state index is 13.0. The lowest BCUT2D eigenvalue weighted by atomic mass is 10.1. The molecular weight excluding hydrogens is 481 g/mol. The number of sulfonamides is 1. The monoisotopic (exact) mass is 498 g/mol. The first-order valence-electron chi connectivity index (χ1n) is 9.42. The van der Waals surface area contributed by atoms with Crippen LogP contribution in [0.15, 0.2) is 77.7 Å². The van der Waals surface area contributed by atoms with E-state index in [4.69, 9.17) is 16.3 Å². The number of rotatable bonds is 7. The molecule has 174 valence electrons. The number of ether oxygens (including phenoxy) is 1. The van der Waals surface area contributed by atoms with Crippen LogP contribution in [0.2, 0.25) is 5.02 Å². The maximum Gasteiger partial charge on any atom is 0.418 e. The average molecular weight is 499 g/mol. The summed E-state index contributed by atoms with van der Waals surface area (Å²) < 4.78 is 70.9. The highest BCUT2D eigenvalue weighted by atomic mass is 35.5. The molecule has 0 heterocycles. The van der Waals surface area contributed by atoms with Crippen molar-refractivity contribution < 1.29 is 31.1 Å². The van der Waals surface area contributed by atoms with Gasteiger partial charge in [-0.3, -0.25) is 9.10 Å². The molecule has 3 aromatic carbocycles. The Kier molecular flexibility index (Phi) is 7.19. The third-order valence-electron chi connectivity index (χ3n) is 4.55. The normalized spacial score (nSPS) is 11.7. The molecule has 0 bridgehead atoms. The second-order valence-electron chi connectivity index (χ2n) is 6.80. The Morgan fingerprint density at radius 1 is 1.00 bits per heavy atom. The van der Waals surface area contributed by atoms with Gasteiger partial charge in [0.15, 0.2) is 6.61 Å². The van der Waals surface area contributed by atoms with Crippen molar-refractivity contribution in [3.8, 4) is 5.75 Å². The smallest absolute Gasteiger partial charge is 0.418 e. The van der Waals surface area contributed by atoms with E-state index >= 15 is 0 Å². The van der Waals surface area contributed by atoms with Gasteiger partial charge in [0.05, 0.1) is 21.8 Å². The van der Waals surface area contributed by atoms with E-state index < -0.39 is 34.3 Å². The lowest BCUT2D eigenvalue weighted by Crippen LogP contribution is -2.26. The molecule has 11 heteroatoms. The lowest BCUT2D eigenvalue weighted by Gasteiger charge is -2.20. The number of benzene rings is 3. The highest BCUT2D eigenvalue weighted by molar-refractivity contribution is 7.92. The fourth-order valence-corrected chi connectivity index (χ4v) is 4.15. The summed E-state index contributed by atoms with van der Waals surface area (Å²) in [6.45, 7) is -0.537. The van der Waals surface area contributed by atoms with Gasteiger partial charge < -0.3 is 10.1 Å². The Bertz CT molecular complexity index is 1230. The summed E-state index contributed by atoms with van der Waals surface area (Å²) in [5, 5.41) is 2.58. The fourth-order valence-electron chi connectivity index (χ4n) is 2.83. The SMILES string of the molecule is CN(c1ccc(OCC(=O)Nc2ccccc2C(F)(F)F)cc1)S(=O)(=O)c1ccc(Cl)cc1. The molecule has 33 heavy (non-hydrogen) atoms. The van der Waals surface area contributed by atoms with Gasteiger partial charge in [-0.15, -0.1) is 0 Å². The summed E-state index contributed by atoms with van der Waals surface area (Å²) in [6.07, 6.45) is -4.61. The molecule has 0 radical (unpaired) electrons. The van der Waals surface area contributed by atoms with E-state index in [0.717, 1.165) is 16.4 Å². The highest BCUT2D eigenvalue weighted by Crippen LogP contribution is 2.34. The Labute approximate surface area is 193 Å². The third-order valence-corrected chi connectivity index (χ3v) is 6.60.